The number of aromatic nitrogens is 1. The van der Waals surface area contributed by atoms with Gasteiger partial charge in [-0.2, -0.15) is 0 Å². The van der Waals surface area contributed by atoms with E-state index in [1.165, 1.54) is 11.3 Å². The molecule has 0 aliphatic rings. The highest BCUT2D eigenvalue weighted by molar-refractivity contribution is 7.17. The predicted octanol–water partition coefficient (Wildman–Crippen LogP) is 2.17. The summed E-state index contributed by atoms with van der Waals surface area (Å²) < 4.78 is 0. The van der Waals surface area contributed by atoms with Crippen LogP contribution in [-0.2, 0) is 0 Å². The first kappa shape index (κ1) is 13.7. The molecule has 0 atom stereocenters. The van der Waals surface area contributed by atoms with Crippen LogP contribution in [0.1, 0.15) is 22.3 Å². The lowest BCUT2D eigenvalue weighted by atomic mass is 10.3. The molecular weight excluding hydrogens is 234 g/mol. The van der Waals surface area contributed by atoms with Crippen LogP contribution in [0.3, 0.4) is 0 Å². The maximum atomic E-state index is 11.9. The normalized spacial score (nSPS) is 10.9. The highest BCUT2D eigenvalue weighted by Gasteiger charge is 2.14. The summed E-state index contributed by atoms with van der Waals surface area (Å²) >= 11 is 1.45. The molecule has 0 unspecified atom stereocenters. The van der Waals surface area contributed by atoms with Gasteiger partial charge in [0.2, 0.25) is 0 Å². The van der Waals surface area contributed by atoms with Crippen molar-refractivity contribution in [3.8, 4) is 0 Å². The van der Waals surface area contributed by atoms with Gasteiger partial charge in [-0.15, -0.1) is 0 Å². The van der Waals surface area contributed by atoms with Gasteiger partial charge in [-0.3, -0.25) is 4.79 Å². The third-order valence-corrected chi connectivity index (χ3v) is 3.62. The Labute approximate surface area is 107 Å². The van der Waals surface area contributed by atoms with Crippen LogP contribution in [0.25, 0.3) is 0 Å². The molecule has 0 aliphatic carbocycles. The summed E-state index contributed by atoms with van der Waals surface area (Å²) in [4.78, 5) is 20.9. The van der Waals surface area contributed by atoms with E-state index in [0.717, 1.165) is 22.2 Å². The fourth-order valence-corrected chi connectivity index (χ4v) is 2.21. The zero-order chi connectivity index (χ0) is 13.0. The first-order valence-corrected chi connectivity index (χ1v) is 6.34. The monoisotopic (exact) mass is 253 g/mol. The number of carbonyl (C=O) groups is 1. The zero-order valence-electron chi connectivity index (χ0n) is 11.0. The summed E-state index contributed by atoms with van der Waals surface area (Å²) in [6, 6.07) is 0. The first-order valence-electron chi connectivity index (χ1n) is 5.53. The molecule has 5 heteroatoms. The SMILES string of the molecule is CCN(C)c1nc(C)c(C(=O)C=CN(C)C)s1. The van der Waals surface area contributed by atoms with E-state index in [2.05, 4.69) is 11.9 Å². The summed E-state index contributed by atoms with van der Waals surface area (Å²) in [5.74, 6) is 0.0180. The van der Waals surface area contributed by atoms with Gasteiger partial charge in [0.25, 0.3) is 0 Å². The second kappa shape index (κ2) is 5.82. The zero-order valence-corrected chi connectivity index (χ0v) is 11.8. The molecule has 0 aromatic carbocycles. The molecule has 1 heterocycles. The van der Waals surface area contributed by atoms with Crippen molar-refractivity contribution in [3.05, 3.63) is 22.8 Å². The van der Waals surface area contributed by atoms with Gasteiger partial charge in [-0.25, -0.2) is 4.98 Å². The van der Waals surface area contributed by atoms with Gasteiger partial charge in [0, 0.05) is 40.0 Å². The van der Waals surface area contributed by atoms with Crippen LogP contribution in [0.4, 0.5) is 5.13 Å². The maximum Gasteiger partial charge on any atom is 0.199 e. The molecule has 17 heavy (non-hydrogen) atoms. The Morgan fingerprint density at radius 3 is 2.59 bits per heavy atom. The topological polar surface area (TPSA) is 36.4 Å². The van der Waals surface area contributed by atoms with E-state index in [1.807, 2.05) is 37.9 Å². The average Bonchev–Trinajstić information content (AvgIpc) is 2.67. The molecule has 0 saturated heterocycles. The van der Waals surface area contributed by atoms with Crippen LogP contribution < -0.4 is 4.90 Å². The Morgan fingerprint density at radius 1 is 1.41 bits per heavy atom. The largest absolute Gasteiger partial charge is 0.383 e. The van der Waals surface area contributed by atoms with Crippen LogP contribution in [0.5, 0.6) is 0 Å². The third-order valence-electron chi connectivity index (χ3n) is 2.33. The minimum Gasteiger partial charge on any atom is -0.383 e. The number of hydrogen-bond donors (Lipinski definition) is 0. The number of ketones is 1. The number of nitrogens with zero attached hydrogens (tertiary/aromatic N) is 3. The van der Waals surface area contributed by atoms with E-state index < -0.39 is 0 Å². The Morgan fingerprint density at radius 2 is 2.06 bits per heavy atom. The van der Waals surface area contributed by atoms with Gasteiger partial charge in [-0.1, -0.05) is 11.3 Å². The van der Waals surface area contributed by atoms with Crippen LogP contribution in [0.2, 0.25) is 0 Å². The highest BCUT2D eigenvalue weighted by atomic mass is 32.1. The van der Waals surface area contributed by atoms with E-state index in [-0.39, 0.29) is 5.78 Å². The molecule has 94 valence electrons. The van der Waals surface area contributed by atoms with Crippen LogP contribution in [-0.4, -0.2) is 43.4 Å². The van der Waals surface area contributed by atoms with Crippen molar-refractivity contribution in [1.29, 1.82) is 0 Å². The Balaban J connectivity index is 2.91. The lowest BCUT2D eigenvalue weighted by Gasteiger charge is -2.10. The fraction of sp³-hybridized carbons (Fsp3) is 0.500. The molecule has 1 rings (SSSR count). The predicted molar refractivity (Wildman–Crippen MR) is 73.0 cm³/mol. The second-order valence-corrected chi connectivity index (χ2v) is 5.05. The summed E-state index contributed by atoms with van der Waals surface area (Å²) in [5.41, 5.74) is 0.804. The van der Waals surface area contributed by atoms with E-state index in [9.17, 15) is 4.79 Å². The number of thiazole rings is 1. The molecule has 4 nitrogen and oxygen atoms in total. The van der Waals surface area contributed by atoms with Gasteiger partial charge in [-0.05, 0) is 13.8 Å². The average molecular weight is 253 g/mol. The van der Waals surface area contributed by atoms with E-state index in [1.54, 1.807) is 12.3 Å². The molecule has 0 N–H and O–H groups in total. The third kappa shape index (κ3) is 3.56. The van der Waals surface area contributed by atoms with E-state index in [4.69, 9.17) is 0 Å². The van der Waals surface area contributed by atoms with Crippen molar-refractivity contribution in [2.24, 2.45) is 0 Å². The van der Waals surface area contributed by atoms with Crippen molar-refractivity contribution in [1.82, 2.24) is 9.88 Å². The molecule has 0 radical (unpaired) electrons. The number of carbonyl (C=O) groups excluding carboxylic acids is 1. The number of aryl methyl sites for hydroxylation is 1. The number of allylic oxidation sites excluding steroid dienone is 1. The first-order chi connectivity index (χ1) is 7.95. The van der Waals surface area contributed by atoms with Crippen LogP contribution in [0.15, 0.2) is 12.3 Å². The molecule has 0 saturated carbocycles. The van der Waals surface area contributed by atoms with E-state index in [0.29, 0.717) is 0 Å². The standard InChI is InChI=1S/C12H19N3OS/c1-6-15(5)12-13-9(2)11(17-12)10(16)7-8-14(3)4/h7-8H,6H2,1-5H3. The summed E-state index contributed by atoms with van der Waals surface area (Å²) in [7, 11) is 5.75. The van der Waals surface area contributed by atoms with Crippen LogP contribution >= 0.6 is 11.3 Å². The number of rotatable bonds is 5. The molecule has 0 spiro atoms. The lowest BCUT2D eigenvalue weighted by molar-refractivity contribution is 0.104. The molecule has 0 aliphatic heterocycles. The second-order valence-electron chi connectivity index (χ2n) is 4.07. The Bertz CT molecular complexity index is 423. The van der Waals surface area contributed by atoms with Gasteiger partial charge in [0.15, 0.2) is 10.9 Å². The summed E-state index contributed by atoms with van der Waals surface area (Å²) in [5, 5.41) is 0.895. The van der Waals surface area contributed by atoms with Crippen molar-refractivity contribution in [3.63, 3.8) is 0 Å². The van der Waals surface area contributed by atoms with Gasteiger partial charge < -0.3 is 9.80 Å². The van der Waals surface area contributed by atoms with Crippen molar-refractivity contribution >= 4 is 22.3 Å². The fourth-order valence-electron chi connectivity index (χ4n) is 1.20. The minimum atomic E-state index is 0.0180. The molecule has 0 fully saturated rings. The van der Waals surface area contributed by atoms with Crippen molar-refractivity contribution < 1.29 is 4.79 Å². The quantitative estimate of drug-likeness (QED) is 0.595. The molecular formula is C12H19N3OS. The maximum absolute atomic E-state index is 11.9. The van der Waals surface area contributed by atoms with Gasteiger partial charge >= 0.3 is 0 Å². The smallest absolute Gasteiger partial charge is 0.199 e. The number of anilines is 1. The molecule has 0 amide bonds. The lowest BCUT2D eigenvalue weighted by Crippen LogP contribution is -2.15. The summed E-state index contributed by atoms with van der Waals surface area (Å²) in [6.07, 6.45) is 3.33. The molecule has 1 aromatic heterocycles. The molecule has 1 aromatic rings. The molecule has 0 bridgehead atoms. The van der Waals surface area contributed by atoms with Crippen LogP contribution in [0, 0.1) is 6.92 Å². The van der Waals surface area contributed by atoms with Gasteiger partial charge in [0.05, 0.1) is 10.6 Å². The van der Waals surface area contributed by atoms with Crippen molar-refractivity contribution in [2.75, 3.05) is 32.6 Å². The Hall–Kier alpha value is -1.36. The summed E-state index contributed by atoms with van der Waals surface area (Å²) in [6.45, 7) is 4.82. The van der Waals surface area contributed by atoms with Gasteiger partial charge in [0.1, 0.15) is 0 Å². The van der Waals surface area contributed by atoms with E-state index >= 15 is 0 Å². The van der Waals surface area contributed by atoms with Crippen molar-refractivity contribution in [2.45, 2.75) is 13.8 Å². The number of hydrogen-bond acceptors (Lipinski definition) is 5. The minimum absolute atomic E-state index is 0.0180. The highest BCUT2D eigenvalue weighted by Crippen LogP contribution is 2.25. The Kier molecular flexibility index (Phi) is 4.69.